The highest BCUT2D eigenvalue weighted by Crippen LogP contribution is 2.26. The molecule has 3 rings (SSSR count). The lowest BCUT2D eigenvalue weighted by Crippen LogP contribution is -2.49. The largest absolute Gasteiger partial charge is 0.481 e. The van der Waals surface area contributed by atoms with Gasteiger partial charge in [0.05, 0.1) is 22.9 Å². The van der Waals surface area contributed by atoms with Crippen LogP contribution in [-0.2, 0) is 4.79 Å². The summed E-state index contributed by atoms with van der Waals surface area (Å²) in [4.78, 5) is 30.6. The van der Waals surface area contributed by atoms with E-state index in [2.05, 4.69) is 4.98 Å². The van der Waals surface area contributed by atoms with Gasteiger partial charge in [-0.15, -0.1) is 0 Å². The number of benzene rings is 1. The topological polar surface area (TPSA) is 70.5 Å². The van der Waals surface area contributed by atoms with Gasteiger partial charge in [-0.05, 0) is 38.8 Å². The number of amides is 1. The molecule has 0 bridgehead atoms. The Balaban J connectivity index is 1.86. The van der Waals surface area contributed by atoms with Gasteiger partial charge in [-0.1, -0.05) is 30.3 Å². The molecule has 130 valence electrons. The second-order valence-corrected chi connectivity index (χ2v) is 6.52. The van der Waals surface area contributed by atoms with Crippen LogP contribution in [0.25, 0.3) is 11.3 Å². The molecule has 1 aromatic heterocycles. The molecule has 0 radical (unpaired) electrons. The number of carbonyl (C=O) groups excluding carboxylic acids is 1. The summed E-state index contributed by atoms with van der Waals surface area (Å²) in [7, 11) is 0. The molecule has 0 saturated carbocycles. The van der Waals surface area contributed by atoms with Crippen LogP contribution in [0.2, 0.25) is 0 Å². The molecule has 0 spiro atoms. The van der Waals surface area contributed by atoms with E-state index in [0.717, 1.165) is 11.3 Å². The van der Waals surface area contributed by atoms with Crippen LogP contribution in [0.1, 0.15) is 35.8 Å². The summed E-state index contributed by atoms with van der Waals surface area (Å²) < 4.78 is 0. The molecule has 0 unspecified atom stereocenters. The van der Waals surface area contributed by atoms with Crippen LogP contribution in [0.3, 0.4) is 0 Å². The molecule has 0 aliphatic carbocycles. The third kappa shape index (κ3) is 3.40. The molecule has 5 heteroatoms. The fourth-order valence-corrected chi connectivity index (χ4v) is 3.47. The van der Waals surface area contributed by atoms with Gasteiger partial charge in [0.25, 0.3) is 5.91 Å². The molecule has 2 heterocycles. The number of hydrogen-bond acceptors (Lipinski definition) is 3. The number of rotatable bonds is 3. The van der Waals surface area contributed by atoms with Gasteiger partial charge < -0.3 is 10.0 Å². The summed E-state index contributed by atoms with van der Waals surface area (Å²) in [6.45, 7) is 4.23. The van der Waals surface area contributed by atoms with Gasteiger partial charge >= 0.3 is 5.97 Å². The van der Waals surface area contributed by atoms with Crippen LogP contribution < -0.4 is 0 Å². The molecule has 1 saturated heterocycles. The van der Waals surface area contributed by atoms with Crippen molar-refractivity contribution < 1.29 is 14.7 Å². The number of hydrogen-bond donors (Lipinski definition) is 1. The molecular formula is C20H22N2O3. The number of carboxylic acid groups (broad SMARTS) is 1. The summed E-state index contributed by atoms with van der Waals surface area (Å²) in [5.41, 5.74) is 3.03. The Bertz CT molecular complexity index is 789. The smallest absolute Gasteiger partial charge is 0.308 e. The van der Waals surface area contributed by atoms with E-state index < -0.39 is 11.9 Å². The second-order valence-electron chi connectivity index (χ2n) is 6.52. The molecule has 2 aromatic rings. The average Bonchev–Trinajstić information content (AvgIpc) is 2.62. The highest BCUT2D eigenvalue weighted by Gasteiger charge is 2.36. The molecule has 1 aliphatic rings. The van der Waals surface area contributed by atoms with Crippen LogP contribution >= 0.6 is 0 Å². The normalized spacial score (nSPS) is 20.3. The number of aryl methyl sites for hydroxylation is 1. The highest BCUT2D eigenvalue weighted by molar-refractivity contribution is 5.96. The van der Waals surface area contributed by atoms with E-state index in [1.807, 2.05) is 50.2 Å². The minimum absolute atomic E-state index is 0.136. The molecule has 1 amide bonds. The Morgan fingerprint density at radius 3 is 2.52 bits per heavy atom. The predicted molar refractivity (Wildman–Crippen MR) is 95.3 cm³/mol. The number of pyridine rings is 1. The summed E-state index contributed by atoms with van der Waals surface area (Å²) >= 11 is 0. The maximum absolute atomic E-state index is 12.9. The van der Waals surface area contributed by atoms with Gasteiger partial charge in [-0.3, -0.25) is 14.6 Å². The van der Waals surface area contributed by atoms with Crippen molar-refractivity contribution in [1.29, 1.82) is 0 Å². The van der Waals surface area contributed by atoms with E-state index in [0.29, 0.717) is 30.6 Å². The van der Waals surface area contributed by atoms with E-state index >= 15 is 0 Å². The summed E-state index contributed by atoms with van der Waals surface area (Å²) in [6.07, 6.45) is 1.33. The SMILES string of the molecule is Cc1nc(-c2ccccc2)ccc1C(=O)N1CCC[C@@H](C(=O)O)[C@H]1C. The zero-order chi connectivity index (χ0) is 18.0. The molecule has 25 heavy (non-hydrogen) atoms. The fraction of sp³-hybridized carbons (Fsp3) is 0.350. The van der Waals surface area contributed by atoms with Crippen molar-refractivity contribution in [1.82, 2.24) is 9.88 Å². The summed E-state index contributed by atoms with van der Waals surface area (Å²) in [6, 6.07) is 13.1. The number of aromatic nitrogens is 1. The van der Waals surface area contributed by atoms with Crippen molar-refractivity contribution in [3.05, 3.63) is 53.7 Å². The number of piperidine rings is 1. The number of nitrogens with zero attached hydrogens (tertiary/aromatic N) is 2. The third-order valence-electron chi connectivity index (χ3n) is 4.95. The number of carboxylic acids is 1. The van der Waals surface area contributed by atoms with Crippen LogP contribution in [0, 0.1) is 12.8 Å². The average molecular weight is 338 g/mol. The summed E-state index contributed by atoms with van der Waals surface area (Å²) in [5, 5.41) is 9.35. The molecular weight excluding hydrogens is 316 g/mol. The predicted octanol–water partition coefficient (Wildman–Crippen LogP) is 3.38. The van der Waals surface area contributed by atoms with Crippen molar-refractivity contribution in [3.63, 3.8) is 0 Å². The number of likely N-dealkylation sites (tertiary alicyclic amines) is 1. The maximum Gasteiger partial charge on any atom is 0.308 e. The van der Waals surface area contributed by atoms with E-state index in [1.54, 1.807) is 11.0 Å². The quantitative estimate of drug-likeness (QED) is 0.931. The highest BCUT2D eigenvalue weighted by atomic mass is 16.4. The second kappa shape index (κ2) is 7.05. The molecule has 2 atom stereocenters. The summed E-state index contributed by atoms with van der Waals surface area (Å²) in [5.74, 6) is -1.48. The fourth-order valence-electron chi connectivity index (χ4n) is 3.47. The van der Waals surface area contributed by atoms with Crippen LogP contribution in [0.4, 0.5) is 0 Å². The van der Waals surface area contributed by atoms with Crippen molar-refractivity contribution in [2.45, 2.75) is 32.7 Å². The number of aliphatic carboxylic acids is 1. The molecule has 1 N–H and O–H groups in total. The Morgan fingerprint density at radius 1 is 1.16 bits per heavy atom. The standard InChI is InChI=1S/C20H22N2O3/c1-13-16(10-11-18(21-13)15-7-4-3-5-8-15)19(23)22-12-6-9-17(14(22)2)20(24)25/h3-5,7-8,10-11,14,17H,6,9,12H2,1-2H3,(H,24,25)/t14-,17-/m1/s1. The van der Waals surface area contributed by atoms with E-state index in [-0.39, 0.29) is 11.9 Å². The first-order valence-corrected chi connectivity index (χ1v) is 8.56. The lowest BCUT2D eigenvalue weighted by molar-refractivity contribution is -0.144. The lowest BCUT2D eigenvalue weighted by atomic mass is 9.89. The monoisotopic (exact) mass is 338 g/mol. The molecule has 1 aromatic carbocycles. The molecule has 1 aliphatic heterocycles. The zero-order valence-corrected chi connectivity index (χ0v) is 14.5. The van der Waals surface area contributed by atoms with Gasteiger partial charge in [0, 0.05) is 18.2 Å². The number of carbonyl (C=O) groups is 2. The van der Waals surface area contributed by atoms with E-state index in [1.165, 1.54) is 0 Å². The van der Waals surface area contributed by atoms with Crippen LogP contribution in [0.5, 0.6) is 0 Å². The first kappa shape index (κ1) is 17.1. The van der Waals surface area contributed by atoms with Crippen molar-refractivity contribution in [2.24, 2.45) is 5.92 Å². The Kier molecular flexibility index (Phi) is 4.83. The first-order chi connectivity index (χ1) is 12.0. The minimum Gasteiger partial charge on any atom is -0.481 e. The first-order valence-electron chi connectivity index (χ1n) is 8.56. The van der Waals surface area contributed by atoms with Crippen LogP contribution in [-0.4, -0.2) is 39.5 Å². The van der Waals surface area contributed by atoms with Gasteiger partial charge in [0.1, 0.15) is 0 Å². The van der Waals surface area contributed by atoms with Gasteiger partial charge in [-0.2, -0.15) is 0 Å². The Morgan fingerprint density at radius 2 is 1.88 bits per heavy atom. The van der Waals surface area contributed by atoms with Crippen LogP contribution in [0.15, 0.2) is 42.5 Å². The third-order valence-corrected chi connectivity index (χ3v) is 4.95. The van der Waals surface area contributed by atoms with E-state index in [4.69, 9.17) is 0 Å². The van der Waals surface area contributed by atoms with E-state index in [9.17, 15) is 14.7 Å². The lowest BCUT2D eigenvalue weighted by Gasteiger charge is -2.37. The van der Waals surface area contributed by atoms with Gasteiger partial charge in [0.15, 0.2) is 0 Å². The molecule has 5 nitrogen and oxygen atoms in total. The Labute approximate surface area is 147 Å². The van der Waals surface area contributed by atoms with Crippen molar-refractivity contribution in [3.8, 4) is 11.3 Å². The maximum atomic E-state index is 12.9. The van der Waals surface area contributed by atoms with Crippen molar-refractivity contribution in [2.75, 3.05) is 6.54 Å². The zero-order valence-electron chi connectivity index (χ0n) is 14.5. The van der Waals surface area contributed by atoms with Crippen molar-refractivity contribution >= 4 is 11.9 Å². The minimum atomic E-state index is -0.834. The van der Waals surface area contributed by atoms with Gasteiger partial charge in [-0.25, -0.2) is 0 Å². The molecule has 1 fully saturated rings. The Hall–Kier alpha value is -2.69. The van der Waals surface area contributed by atoms with Gasteiger partial charge in [0.2, 0.25) is 0 Å².